The number of piperazine rings is 1. The summed E-state index contributed by atoms with van der Waals surface area (Å²) >= 11 is 0. The molecule has 3 aromatic rings. The van der Waals surface area contributed by atoms with Gasteiger partial charge in [-0.15, -0.1) is 0 Å². The average molecular weight is 403 g/mol. The second-order valence-corrected chi connectivity index (χ2v) is 7.12. The van der Waals surface area contributed by atoms with Crippen molar-refractivity contribution in [2.75, 3.05) is 31.1 Å². The van der Waals surface area contributed by atoms with Crippen LogP contribution < -0.4 is 4.90 Å². The van der Waals surface area contributed by atoms with Crippen molar-refractivity contribution < 1.29 is 9.72 Å². The third kappa shape index (κ3) is 4.12. The second kappa shape index (κ2) is 8.28. The number of nitro groups is 1. The Balaban J connectivity index is 1.41. The SMILES string of the molecule is Cc1nc2ccccc2nc1N1CCN(C(=O)/C=C/c2cccc([N+](=O)[O-])c2)CC1. The quantitative estimate of drug-likeness (QED) is 0.377. The van der Waals surface area contributed by atoms with Crippen molar-refractivity contribution in [3.05, 3.63) is 76.0 Å². The van der Waals surface area contributed by atoms with Crippen LogP contribution in [0.2, 0.25) is 0 Å². The van der Waals surface area contributed by atoms with Crippen LogP contribution in [0.25, 0.3) is 17.1 Å². The van der Waals surface area contributed by atoms with Gasteiger partial charge in [-0.1, -0.05) is 24.3 Å². The molecular formula is C22H21N5O3. The summed E-state index contributed by atoms with van der Waals surface area (Å²) in [5.74, 6) is 0.746. The van der Waals surface area contributed by atoms with Crippen molar-refractivity contribution in [2.45, 2.75) is 6.92 Å². The third-order valence-corrected chi connectivity index (χ3v) is 5.11. The van der Waals surface area contributed by atoms with E-state index in [4.69, 9.17) is 4.98 Å². The van der Waals surface area contributed by atoms with Gasteiger partial charge in [-0.3, -0.25) is 14.9 Å². The highest BCUT2D eigenvalue weighted by Gasteiger charge is 2.22. The molecule has 0 N–H and O–H groups in total. The minimum atomic E-state index is -0.448. The number of anilines is 1. The van der Waals surface area contributed by atoms with Gasteiger partial charge in [0, 0.05) is 44.4 Å². The maximum absolute atomic E-state index is 12.5. The molecule has 1 amide bonds. The molecule has 0 radical (unpaired) electrons. The number of para-hydroxylation sites is 2. The second-order valence-electron chi connectivity index (χ2n) is 7.12. The van der Waals surface area contributed by atoms with Crippen molar-refractivity contribution >= 4 is 34.5 Å². The van der Waals surface area contributed by atoms with Gasteiger partial charge in [0.05, 0.1) is 21.7 Å². The first-order valence-electron chi connectivity index (χ1n) is 9.71. The van der Waals surface area contributed by atoms with Crippen LogP contribution in [0.4, 0.5) is 11.5 Å². The molecule has 1 aliphatic rings. The van der Waals surface area contributed by atoms with Crippen LogP contribution >= 0.6 is 0 Å². The number of hydrogen-bond acceptors (Lipinski definition) is 6. The first-order valence-corrected chi connectivity index (χ1v) is 9.71. The number of nitrogens with zero attached hydrogens (tertiary/aromatic N) is 5. The van der Waals surface area contributed by atoms with Gasteiger partial charge in [-0.05, 0) is 30.7 Å². The minimum Gasteiger partial charge on any atom is -0.352 e. The monoisotopic (exact) mass is 403 g/mol. The van der Waals surface area contributed by atoms with E-state index in [0.29, 0.717) is 31.7 Å². The number of fused-ring (bicyclic) bond motifs is 1. The Kier molecular flexibility index (Phi) is 5.38. The first-order chi connectivity index (χ1) is 14.5. The lowest BCUT2D eigenvalue weighted by molar-refractivity contribution is -0.384. The average Bonchev–Trinajstić information content (AvgIpc) is 2.77. The van der Waals surface area contributed by atoms with E-state index >= 15 is 0 Å². The highest BCUT2D eigenvalue weighted by Crippen LogP contribution is 2.21. The lowest BCUT2D eigenvalue weighted by Crippen LogP contribution is -2.48. The van der Waals surface area contributed by atoms with Gasteiger partial charge >= 0.3 is 0 Å². The van der Waals surface area contributed by atoms with Crippen LogP contribution in [-0.2, 0) is 4.79 Å². The molecule has 0 saturated carbocycles. The Morgan fingerprint density at radius 1 is 1.03 bits per heavy atom. The molecule has 0 unspecified atom stereocenters. The molecule has 1 aromatic heterocycles. The molecule has 8 nitrogen and oxygen atoms in total. The van der Waals surface area contributed by atoms with Crippen molar-refractivity contribution in [3.63, 3.8) is 0 Å². The highest BCUT2D eigenvalue weighted by atomic mass is 16.6. The summed E-state index contributed by atoms with van der Waals surface area (Å²) in [4.78, 5) is 36.3. The Morgan fingerprint density at radius 3 is 2.43 bits per heavy atom. The molecular weight excluding hydrogens is 382 g/mol. The zero-order valence-corrected chi connectivity index (χ0v) is 16.6. The molecule has 0 spiro atoms. The normalized spacial score (nSPS) is 14.4. The van der Waals surface area contributed by atoms with Crippen molar-refractivity contribution in [3.8, 4) is 0 Å². The number of aryl methyl sites for hydroxylation is 1. The minimum absolute atomic E-state index is 0.00470. The van der Waals surface area contributed by atoms with E-state index in [1.54, 1.807) is 23.1 Å². The molecule has 1 saturated heterocycles. The summed E-state index contributed by atoms with van der Waals surface area (Å²) in [6.07, 6.45) is 3.08. The molecule has 0 aliphatic carbocycles. The van der Waals surface area contributed by atoms with E-state index in [9.17, 15) is 14.9 Å². The molecule has 0 bridgehead atoms. The van der Waals surface area contributed by atoms with Gasteiger partial charge in [0.15, 0.2) is 5.82 Å². The third-order valence-electron chi connectivity index (χ3n) is 5.11. The summed E-state index contributed by atoms with van der Waals surface area (Å²) in [6.45, 7) is 4.45. The van der Waals surface area contributed by atoms with Gasteiger partial charge in [-0.25, -0.2) is 9.97 Å². The fourth-order valence-corrected chi connectivity index (χ4v) is 3.53. The predicted molar refractivity (Wildman–Crippen MR) is 115 cm³/mol. The molecule has 1 fully saturated rings. The lowest BCUT2D eigenvalue weighted by Gasteiger charge is -2.35. The zero-order chi connectivity index (χ0) is 21.1. The number of carbonyl (C=O) groups excluding carboxylic acids is 1. The number of nitro benzene ring substituents is 1. The fraction of sp³-hybridized carbons (Fsp3) is 0.227. The molecule has 152 valence electrons. The topological polar surface area (TPSA) is 92.5 Å². The summed E-state index contributed by atoms with van der Waals surface area (Å²) in [5, 5.41) is 10.9. The van der Waals surface area contributed by atoms with Gasteiger partial charge in [0.2, 0.25) is 5.91 Å². The summed E-state index contributed by atoms with van der Waals surface area (Å²) in [7, 11) is 0. The molecule has 0 atom stereocenters. The molecule has 1 aliphatic heterocycles. The van der Waals surface area contributed by atoms with E-state index in [2.05, 4.69) is 9.88 Å². The number of benzene rings is 2. The smallest absolute Gasteiger partial charge is 0.270 e. The number of aromatic nitrogens is 2. The zero-order valence-electron chi connectivity index (χ0n) is 16.6. The maximum atomic E-state index is 12.5. The summed E-state index contributed by atoms with van der Waals surface area (Å²) < 4.78 is 0. The largest absolute Gasteiger partial charge is 0.352 e. The van der Waals surface area contributed by atoms with E-state index in [1.165, 1.54) is 18.2 Å². The molecule has 4 rings (SSSR count). The van der Waals surface area contributed by atoms with Crippen LogP contribution in [-0.4, -0.2) is 51.9 Å². The number of non-ortho nitro benzene ring substituents is 1. The standard InChI is InChI=1S/C22H21N5O3/c1-16-22(24-20-8-3-2-7-19(20)23-16)26-13-11-25(12-14-26)21(28)10-9-17-5-4-6-18(15-17)27(29)30/h2-10,15H,11-14H2,1H3/b10-9+. The first kappa shape index (κ1) is 19.5. The van der Waals surface area contributed by atoms with Gasteiger partial charge in [-0.2, -0.15) is 0 Å². The Morgan fingerprint density at radius 2 is 1.73 bits per heavy atom. The van der Waals surface area contributed by atoms with E-state index < -0.39 is 4.92 Å². The Hall–Kier alpha value is -3.81. The van der Waals surface area contributed by atoms with Crippen LogP contribution in [0.5, 0.6) is 0 Å². The number of carbonyl (C=O) groups is 1. The molecule has 2 aromatic carbocycles. The van der Waals surface area contributed by atoms with Crippen LogP contribution in [0, 0.1) is 17.0 Å². The summed E-state index contributed by atoms with van der Waals surface area (Å²) in [6, 6.07) is 14.0. The van der Waals surface area contributed by atoms with Gasteiger partial charge < -0.3 is 9.80 Å². The van der Waals surface area contributed by atoms with Crippen LogP contribution in [0.15, 0.2) is 54.6 Å². The predicted octanol–water partition coefficient (Wildman–Crippen LogP) is 3.21. The Bertz CT molecular complexity index is 1140. The van der Waals surface area contributed by atoms with Crippen molar-refractivity contribution in [1.82, 2.24) is 14.9 Å². The fourth-order valence-electron chi connectivity index (χ4n) is 3.53. The lowest BCUT2D eigenvalue weighted by atomic mass is 10.2. The molecule has 30 heavy (non-hydrogen) atoms. The number of amides is 1. The van der Waals surface area contributed by atoms with E-state index in [-0.39, 0.29) is 11.6 Å². The van der Waals surface area contributed by atoms with Crippen LogP contribution in [0.1, 0.15) is 11.3 Å². The van der Waals surface area contributed by atoms with Gasteiger partial charge in [0.25, 0.3) is 5.69 Å². The number of rotatable bonds is 4. The highest BCUT2D eigenvalue weighted by molar-refractivity contribution is 5.92. The molecule has 2 heterocycles. The van der Waals surface area contributed by atoms with Crippen molar-refractivity contribution in [2.24, 2.45) is 0 Å². The van der Waals surface area contributed by atoms with Crippen LogP contribution in [0.3, 0.4) is 0 Å². The van der Waals surface area contributed by atoms with Gasteiger partial charge in [0.1, 0.15) is 0 Å². The maximum Gasteiger partial charge on any atom is 0.270 e. The Labute approximate surface area is 173 Å². The number of hydrogen-bond donors (Lipinski definition) is 0. The van der Waals surface area contributed by atoms with E-state index in [1.807, 2.05) is 31.2 Å². The summed E-state index contributed by atoms with van der Waals surface area (Å²) in [5.41, 5.74) is 3.23. The molecule has 8 heteroatoms. The van der Waals surface area contributed by atoms with Crippen molar-refractivity contribution in [1.29, 1.82) is 0 Å². The van der Waals surface area contributed by atoms with E-state index in [0.717, 1.165) is 22.5 Å².